The second kappa shape index (κ2) is 8.66. The van der Waals surface area contributed by atoms with Crippen LogP contribution in [0.3, 0.4) is 0 Å². The van der Waals surface area contributed by atoms with Crippen LogP contribution in [0.5, 0.6) is 5.75 Å². The molecule has 4 nitrogen and oxygen atoms in total. The number of aryl methyl sites for hydroxylation is 1. The van der Waals surface area contributed by atoms with Gasteiger partial charge in [-0.05, 0) is 25.0 Å². The van der Waals surface area contributed by atoms with E-state index in [1.165, 1.54) is 0 Å². The lowest BCUT2D eigenvalue weighted by Gasteiger charge is -2.10. The third-order valence-electron chi connectivity index (χ3n) is 2.47. The summed E-state index contributed by atoms with van der Waals surface area (Å²) in [5.74, 6) is 0.736. The van der Waals surface area contributed by atoms with Gasteiger partial charge >= 0.3 is 0 Å². The van der Waals surface area contributed by atoms with Crippen LogP contribution in [0.1, 0.15) is 22.3 Å². The van der Waals surface area contributed by atoms with E-state index in [0.29, 0.717) is 32.0 Å². The molecule has 0 amide bonds. The molecule has 0 saturated heterocycles. The van der Waals surface area contributed by atoms with Crippen LogP contribution in [0.15, 0.2) is 18.2 Å². The molecule has 0 aliphatic heterocycles. The molecule has 0 heterocycles. The molecule has 0 aliphatic rings. The summed E-state index contributed by atoms with van der Waals surface area (Å²) < 4.78 is 15.9. The van der Waals surface area contributed by atoms with Gasteiger partial charge in [-0.15, -0.1) is 0 Å². The Balaban J connectivity index is 2.24. The first-order chi connectivity index (χ1) is 8.77. The van der Waals surface area contributed by atoms with E-state index in [1.54, 1.807) is 19.2 Å². The molecule has 0 spiro atoms. The van der Waals surface area contributed by atoms with Gasteiger partial charge in [0.2, 0.25) is 0 Å². The van der Waals surface area contributed by atoms with E-state index in [0.717, 1.165) is 24.0 Å². The van der Waals surface area contributed by atoms with Crippen molar-refractivity contribution < 1.29 is 19.0 Å². The van der Waals surface area contributed by atoms with E-state index >= 15 is 0 Å². The van der Waals surface area contributed by atoms with Crippen molar-refractivity contribution in [3.05, 3.63) is 29.3 Å². The fraction of sp³-hybridized carbons (Fsp3) is 0.500. The van der Waals surface area contributed by atoms with Crippen molar-refractivity contribution in [2.75, 3.05) is 33.5 Å². The molecule has 18 heavy (non-hydrogen) atoms. The highest BCUT2D eigenvalue weighted by atomic mass is 16.5. The molecule has 0 aromatic heterocycles. The standard InChI is InChI=1S/C14H20O4/c1-12-4-5-13(11-15)10-14(12)18-9-8-17-7-3-6-16-2/h4-5,10-11H,3,6-9H2,1-2H3. The van der Waals surface area contributed by atoms with Crippen LogP contribution in [0.25, 0.3) is 0 Å². The predicted octanol–water partition coefficient (Wildman–Crippen LogP) is 2.24. The van der Waals surface area contributed by atoms with E-state index in [1.807, 2.05) is 13.0 Å². The second-order valence-corrected chi connectivity index (χ2v) is 3.95. The van der Waals surface area contributed by atoms with E-state index in [9.17, 15) is 4.79 Å². The first-order valence-electron chi connectivity index (χ1n) is 6.03. The second-order valence-electron chi connectivity index (χ2n) is 3.95. The van der Waals surface area contributed by atoms with Gasteiger partial charge in [-0.25, -0.2) is 0 Å². The molecule has 100 valence electrons. The number of benzene rings is 1. The fourth-order valence-corrected chi connectivity index (χ4v) is 1.46. The van der Waals surface area contributed by atoms with Crippen LogP contribution in [-0.2, 0) is 9.47 Å². The Morgan fingerprint density at radius 3 is 2.72 bits per heavy atom. The van der Waals surface area contributed by atoms with Gasteiger partial charge in [0, 0.05) is 25.9 Å². The van der Waals surface area contributed by atoms with Gasteiger partial charge in [-0.3, -0.25) is 4.79 Å². The number of hydrogen-bond acceptors (Lipinski definition) is 4. The number of hydrogen-bond donors (Lipinski definition) is 0. The molecule has 0 aliphatic carbocycles. The average Bonchev–Trinajstić information content (AvgIpc) is 2.39. The lowest BCUT2D eigenvalue weighted by atomic mass is 10.1. The molecular formula is C14H20O4. The molecule has 0 saturated carbocycles. The van der Waals surface area contributed by atoms with E-state index in [-0.39, 0.29) is 0 Å². The number of carbonyl (C=O) groups is 1. The smallest absolute Gasteiger partial charge is 0.150 e. The highest BCUT2D eigenvalue weighted by Gasteiger charge is 2.01. The molecule has 1 aromatic carbocycles. The van der Waals surface area contributed by atoms with Crippen molar-refractivity contribution in [1.82, 2.24) is 0 Å². The Bertz CT molecular complexity index is 363. The minimum absolute atomic E-state index is 0.482. The summed E-state index contributed by atoms with van der Waals surface area (Å²) in [6.07, 6.45) is 1.70. The number of rotatable bonds is 9. The molecular weight excluding hydrogens is 232 g/mol. The van der Waals surface area contributed by atoms with Gasteiger partial charge in [0.1, 0.15) is 18.6 Å². The van der Waals surface area contributed by atoms with E-state index in [4.69, 9.17) is 14.2 Å². The Labute approximate surface area is 108 Å². The summed E-state index contributed by atoms with van der Waals surface area (Å²) in [5.41, 5.74) is 1.64. The molecule has 0 radical (unpaired) electrons. The van der Waals surface area contributed by atoms with Crippen LogP contribution < -0.4 is 4.74 Å². The van der Waals surface area contributed by atoms with Crippen molar-refractivity contribution in [1.29, 1.82) is 0 Å². The summed E-state index contributed by atoms with van der Waals surface area (Å²) in [6, 6.07) is 5.39. The average molecular weight is 252 g/mol. The first kappa shape index (κ1) is 14.7. The predicted molar refractivity (Wildman–Crippen MR) is 69.4 cm³/mol. The lowest BCUT2D eigenvalue weighted by Crippen LogP contribution is -2.09. The first-order valence-corrected chi connectivity index (χ1v) is 6.03. The maximum atomic E-state index is 10.7. The summed E-state index contributed by atoms with van der Waals surface area (Å²) in [5, 5.41) is 0. The van der Waals surface area contributed by atoms with Gasteiger partial charge in [-0.1, -0.05) is 12.1 Å². The minimum Gasteiger partial charge on any atom is -0.491 e. The molecule has 0 bridgehead atoms. The van der Waals surface area contributed by atoms with Crippen molar-refractivity contribution >= 4 is 6.29 Å². The zero-order valence-corrected chi connectivity index (χ0v) is 11.0. The maximum Gasteiger partial charge on any atom is 0.150 e. The Morgan fingerprint density at radius 1 is 1.17 bits per heavy atom. The third kappa shape index (κ3) is 5.29. The lowest BCUT2D eigenvalue weighted by molar-refractivity contribution is 0.0805. The minimum atomic E-state index is 0.482. The molecule has 4 heteroatoms. The number of ether oxygens (including phenoxy) is 3. The monoisotopic (exact) mass is 252 g/mol. The highest BCUT2D eigenvalue weighted by molar-refractivity contribution is 5.75. The van der Waals surface area contributed by atoms with Crippen LogP contribution in [0.4, 0.5) is 0 Å². The number of aldehydes is 1. The van der Waals surface area contributed by atoms with Crippen molar-refractivity contribution in [3.63, 3.8) is 0 Å². The number of carbonyl (C=O) groups excluding carboxylic acids is 1. The van der Waals surface area contributed by atoms with Gasteiger partial charge in [-0.2, -0.15) is 0 Å². The van der Waals surface area contributed by atoms with Crippen LogP contribution in [-0.4, -0.2) is 39.8 Å². The number of methoxy groups -OCH3 is 1. The fourth-order valence-electron chi connectivity index (χ4n) is 1.46. The molecule has 0 N–H and O–H groups in total. The van der Waals surface area contributed by atoms with Gasteiger partial charge in [0.05, 0.1) is 6.61 Å². The topological polar surface area (TPSA) is 44.8 Å². The molecule has 1 aromatic rings. The van der Waals surface area contributed by atoms with E-state index < -0.39 is 0 Å². The Hall–Kier alpha value is -1.39. The van der Waals surface area contributed by atoms with Gasteiger partial charge in [0.25, 0.3) is 0 Å². The summed E-state index contributed by atoms with van der Waals surface area (Å²) in [7, 11) is 1.67. The maximum absolute atomic E-state index is 10.7. The van der Waals surface area contributed by atoms with Crippen LogP contribution in [0, 0.1) is 6.92 Å². The van der Waals surface area contributed by atoms with Gasteiger partial charge in [0.15, 0.2) is 0 Å². The largest absolute Gasteiger partial charge is 0.491 e. The van der Waals surface area contributed by atoms with E-state index in [2.05, 4.69) is 0 Å². The summed E-state index contributed by atoms with van der Waals surface area (Å²) >= 11 is 0. The Morgan fingerprint density at radius 2 is 2.00 bits per heavy atom. The quantitative estimate of drug-likeness (QED) is 0.499. The van der Waals surface area contributed by atoms with Crippen LogP contribution in [0.2, 0.25) is 0 Å². The SMILES string of the molecule is COCCCOCCOc1cc(C=O)ccc1C. The highest BCUT2D eigenvalue weighted by Crippen LogP contribution is 2.18. The zero-order valence-electron chi connectivity index (χ0n) is 11.0. The van der Waals surface area contributed by atoms with Crippen molar-refractivity contribution in [2.45, 2.75) is 13.3 Å². The molecule has 1 rings (SSSR count). The van der Waals surface area contributed by atoms with Crippen LogP contribution >= 0.6 is 0 Å². The normalized spacial score (nSPS) is 10.3. The molecule has 0 atom stereocenters. The molecule has 0 unspecified atom stereocenters. The van der Waals surface area contributed by atoms with Crippen molar-refractivity contribution in [3.8, 4) is 5.75 Å². The Kier molecular flexibility index (Phi) is 7.06. The molecule has 0 fully saturated rings. The van der Waals surface area contributed by atoms with Gasteiger partial charge < -0.3 is 14.2 Å². The summed E-state index contributed by atoms with van der Waals surface area (Å²) in [6.45, 7) is 4.35. The third-order valence-corrected chi connectivity index (χ3v) is 2.47. The zero-order chi connectivity index (χ0) is 13.2. The summed E-state index contributed by atoms with van der Waals surface area (Å²) in [4.78, 5) is 10.7. The van der Waals surface area contributed by atoms with Crippen molar-refractivity contribution in [2.24, 2.45) is 0 Å².